The van der Waals surface area contributed by atoms with Gasteiger partial charge in [0.05, 0.1) is 23.3 Å². The molecule has 0 aliphatic carbocycles. The molecule has 0 saturated carbocycles. The van der Waals surface area contributed by atoms with E-state index >= 15 is 0 Å². The van der Waals surface area contributed by atoms with Gasteiger partial charge in [-0.15, -0.1) is 0 Å². The van der Waals surface area contributed by atoms with Crippen LogP contribution < -0.4 is 4.74 Å². The fourth-order valence-corrected chi connectivity index (χ4v) is 4.44. The van der Waals surface area contributed by atoms with E-state index < -0.39 is 17.9 Å². The zero-order chi connectivity index (χ0) is 26.5. The van der Waals surface area contributed by atoms with Crippen LogP contribution in [0.4, 0.5) is 9.18 Å². The zero-order valence-corrected chi connectivity index (χ0v) is 21.1. The van der Waals surface area contributed by atoms with E-state index in [1.54, 1.807) is 37.4 Å². The van der Waals surface area contributed by atoms with Crippen LogP contribution >= 0.6 is 11.6 Å². The molecule has 8 heteroatoms. The average molecular weight is 519 g/mol. The van der Waals surface area contributed by atoms with Crippen LogP contribution in [-0.2, 0) is 9.53 Å². The fraction of sp³-hybridized carbons (Fsp3) is 0.138. The number of hydrogen-bond donors (Lipinski definition) is 0. The Bertz CT molecular complexity index is 1540. The van der Waals surface area contributed by atoms with Gasteiger partial charge in [0.15, 0.2) is 0 Å². The lowest BCUT2D eigenvalue weighted by Gasteiger charge is -2.19. The Morgan fingerprint density at radius 3 is 2.57 bits per heavy atom. The van der Waals surface area contributed by atoms with Crippen LogP contribution in [0, 0.1) is 5.82 Å². The van der Waals surface area contributed by atoms with E-state index in [-0.39, 0.29) is 11.6 Å². The van der Waals surface area contributed by atoms with Crippen molar-refractivity contribution in [1.29, 1.82) is 0 Å². The number of ether oxygens (including phenoxy) is 2. The summed E-state index contributed by atoms with van der Waals surface area (Å²) in [6, 6.07) is 16.9. The molecule has 4 rings (SSSR count). The van der Waals surface area contributed by atoms with Crippen molar-refractivity contribution in [3.63, 3.8) is 0 Å². The molecule has 0 fully saturated rings. The lowest BCUT2D eigenvalue weighted by Crippen LogP contribution is -2.14. The molecule has 37 heavy (non-hydrogen) atoms. The molecule has 0 radical (unpaired) electrons. The molecule has 6 nitrogen and oxygen atoms in total. The van der Waals surface area contributed by atoms with Crippen molar-refractivity contribution >= 4 is 45.7 Å². The Kier molecular flexibility index (Phi) is 7.84. The van der Waals surface area contributed by atoms with Gasteiger partial charge in [-0.3, -0.25) is 0 Å². The summed E-state index contributed by atoms with van der Waals surface area (Å²) in [5.41, 5.74) is 4.15. The predicted molar refractivity (Wildman–Crippen MR) is 142 cm³/mol. The number of aromatic nitrogens is 2. The first-order valence-electron chi connectivity index (χ1n) is 11.6. The van der Waals surface area contributed by atoms with Crippen LogP contribution in [-0.4, -0.2) is 28.4 Å². The van der Waals surface area contributed by atoms with Crippen LogP contribution in [0.3, 0.4) is 0 Å². The maximum Gasteiger partial charge on any atom is 0.435 e. The summed E-state index contributed by atoms with van der Waals surface area (Å²) < 4.78 is 25.7. The molecular weight excluding hydrogens is 495 g/mol. The number of allylic oxidation sites excluding steroid dienone is 1. The Morgan fingerprint density at radius 2 is 1.86 bits per heavy atom. The van der Waals surface area contributed by atoms with Crippen molar-refractivity contribution in [3.05, 3.63) is 107 Å². The van der Waals surface area contributed by atoms with Crippen molar-refractivity contribution in [2.24, 2.45) is 0 Å². The molecule has 0 atom stereocenters. The largest absolute Gasteiger partial charge is 0.448 e. The fourth-order valence-electron chi connectivity index (χ4n) is 4.16. The molecule has 4 aromatic rings. The van der Waals surface area contributed by atoms with Crippen LogP contribution in [0.15, 0.2) is 79.5 Å². The van der Waals surface area contributed by atoms with Crippen molar-refractivity contribution in [2.45, 2.75) is 20.3 Å². The second kappa shape index (κ2) is 11.2. The van der Waals surface area contributed by atoms with E-state index in [4.69, 9.17) is 21.1 Å². The number of carbonyl (C=O) groups is 2. The first kappa shape index (κ1) is 25.9. The second-order valence-corrected chi connectivity index (χ2v) is 8.39. The van der Waals surface area contributed by atoms with Gasteiger partial charge in [0, 0.05) is 17.0 Å². The van der Waals surface area contributed by atoms with Crippen molar-refractivity contribution < 1.29 is 23.5 Å². The number of rotatable bonds is 7. The number of fused-ring (bicyclic) bond motifs is 1. The maximum absolute atomic E-state index is 13.9. The molecule has 0 N–H and O–H groups in total. The number of benzene rings is 3. The lowest BCUT2D eigenvalue weighted by molar-refractivity contribution is -0.128. The van der Waals surface area contributed by atoms with Gasteiger partial charge in [-0.2, -0.15) is 9.78 Å². The number of carbonyl (C=O) groups excluding carboxylic acids is 2. The van der Waals surface area contributed by atoms with Crippen LogP contribution in [0.25, 0.3) is 22.0 Å². The highest BCUT2D eigenvalue weighted by atomic mass is 35.5. The highest BCUT2D eigenvalue weighted by Crippen LogP contribution is 2.41. The monoisotopic (exact) mass is 518 g/mol. The average Bonchev–Trinajstić information content (AvgIpc) is 3.32. The smallest absolute Gasteiger partial charge is 0.435 e. The quantitative estimate of drug-likeness (QED) is 0.111. The summed E-state index contributed by atoms with van der Waals surface area (Å²) in [5, 5.41) is 5.14. The van der Waals surface area contributed by atoms with E-state index in [1.165, 1.54) is 16.8 Å². The molecule has 3 aromatic carbocycles. The third kappa shape index (κ3) is 5.32. The summed E-state index contributed by atoms with van der Waals surface area (Å²) >= 11 is 6.49. The van der Waals surface area contributed by atoms with E-state index in [9.17, 15) is 14.0 Å². The standard InChI is InChI=1S/C29H24ClFN2O4/c1-4-21(22-13-12-20(31)16-24(22)30)28(23-9-7-8-10-26(23)37-27(34)5-2)18-11-14-25-19(15-18)17-32-33(25)29(35)36-6-3/h5,7-17H,2,4,6H2,1,3H3/b28-21+. The summed E-state index contributed by atoms with van der Waals surface area (Å²) in [5.74, 6) is -0.719. The first-order valence-corrected chi connectivity index (χ1v) is 12.0. The zero-order valence-electron chi connectivity index (χ0n) is 20.3. The van der Waals surface area contributed by atoms with Crippen LogP contribution in [0.1, 0.15) is 37.0 Å². The number of esters is 1. The third-order valence-corrected chi connectivity index (χ3v) is 6.06. The summed E-state index contributed by atoms with van der Waals surface area (Å²) in [4.78, 5) is 24.4. The Hall–Kier alpha value is -4.23. The Morgan fingerprint density at radius 1 is 1.08 bits per heavy atom. The minimum atomic E-state index is -0.601. The minimum Gasteiger partial charge on any atom is -0.448 e. The lowest BCUT2D eigenvalue weighted by atomic mass is 9.87. The third-order valence-electron chi connectivity index (χ3n) is 5.74. The molecule has 0 aliphatic rings. The van der Waals surface area contributed by atoms with Gasteiger partial charge in [0.1, 0.15) is 11.6 Å². The van der Waals surface area contributed by atoms with Gasteiger partial charge in [-0.1, -0.05) is 55.4 Å². The minimum absolute atomic E-state index is 0.226. The summed E-state index contributed by atoms with van der Waals surface area (Å²) in [6.45, 7) is 7.40. The number of halogens is 2. The van der Waals surface area contributed by atoms with Crippen molar-refractivity contribution in [3.8, 4) is 5.75 Å². The molecule has 0 amide bonds. The molecule has 0 spiro atoms. The topological polar surface area (TPSA) is 70.4 Å². The second-order valence-electron chi connectivity index (χ2n) is 7.98. The Labute approximate surface area is 218 Å². The van der Waals surface area contributed by atoms with Gasteiger partial charge >= 0.3 is 12.1 Å². The van der Waals surface area contributed by atoms with Crippen LogP contribution in [0.2, 0.25) is 5.02 Å². The van der Waals surface area contributed by atoms with Crippen LogP contribution in [0.5, 0.6) is 5.75 Å². The highest BCUT2D eigenvalue weighted by Gasteiger charge is 2.21. The van der Waals surface area contributed by atoms with E-state index in [1.807, 2.05) is 31.2 Å². The number of para-hydroxylation sites is 1. The molecule has 1 heterocycles. The summed E-state index contributed by atoms with van der Waals surface area (Å²) in [6.07, 6.45) is 2.63. The molecule has 188 valence electrons. The molecule has 1 aromatic heterocycles. The maximum atomic E-state index is 13.9. The van der Waals surface area contributed by atoms with Gasteiger partial charge in [-0.25, -0.2) is 14.0 Å². The molecule has 0 bridgehead atoms. The van der Waals surface area contributed by atoms with Gasteiger partial charge in [0.2, 0.25) is 0 Å². The van der Waals surface area contributed by atoms with Gasteiger partial charge in [-0.05, 0) is 65.9 Å². The Balaban J connectivity index is 2.00. The van der Waals surface area contributed by atoms with Crippen molar-refractivity contribution in [1.82, 2.24) is 9.78 Å². The van der Waals surface area contributed by atoms with Gasteiger partial charge in [0.25, 0.3) is 0 Å². The molecule has 0 saturated heterocycles. The van der Waals surface area contributed by atoms with Crippen molar-refractivity contribution in [2.75, 3.05) is 6.61 Å². The highest BCUT2D eigenvalue weighted by molar-refractivity contribution is 6.32. The number of nitrogens with zero attached hydrogens (tertiary/aromatic N) is 2. The summed E-state index contributed by atoms with van der Waals surface area (Å²) in [7, 11) is 0. The normalized spacial score (nSPS) is 11.7. The SMILES string of the molecule is C=CC(=O)Oc1ccccc1/C(=C(\CC)c1ccc(F)cc1Cl)c1ccc2c(cnn2C(=O)OCC)c1. The van der Waals surface area contributed by atoms with E-state index in [0.29, 0.717) is 34.2 Å². The van der Waals surface area contributed by atoms with E-state index in [0.717, 1.165) is 22.8 Å². The molecule has 0 aliphatic heterocycles. The first-order chi connectivity index (χ1) is 17.9. The number of hydrogen-bond acceptors (Lipinski definition) is 5. The predicted octanol–water partition coefficient (Wildman–Crippen LogP) is 7.29. The van der Waals surface area contributed by atoms with Gasteiger partial charge < -0.3 is 9.47 Å². The molecule has 0 unspecified atom stereocenters. The molecular formula is C29H24ClFN2O4. The van der Waals surface area contributed by atoms with E-state index in [2.05, 4.69) is 11.7 Å².